The maximum absolute atomic E-state index is 13.6. The van der Waals surface area contributed by atoms with E-state index in [1.807, 2.05) is 58.0 Å². The molecule has 0 bridgehead atoms. The van der Waals surface area contributed by atoms with Crippen LogP contribution in [0.3, 0.4) is 0 Å². The van der Waals surface area contributed by atoms with Gasteiger partial charge in [0.05, 0.1) is 6.04 Å². The van der Waals surface area contributed by atoms with Crippen molar-refractivity contribution >= 4 is 40.9 Å². The van der Waals surface area contributed by atoms with Gasteiger partial charge in [-0.15, -0.1) is 11.3 Å². The molecule has 0 aliphatic carbocycles. The second-order valence-corrected chi connectivity index (χ2v) is 11.9. The first-order chi connectivity index (χ1) is 20.5. The zero-order valence-electron chi connectivity index (χ0n) is 25.9. The molecule has 3 atom stereocenters. The Hall–Kier alpha value is -3.80. The molecule has 4 amide bonds. The highest BCUT2D eigenvalue weighted by molar-refractivity contribution is 7.11. The lowest BCUT2D eigenvalue weighted by molar-refractivity contribution is -0.132. The number of ketones is 1. The smallest absolute Gasteiger partial charge is 0.408 e. The largest absolute Gasteiger partial charge is 0.445 e. The fraction of sp³-hybridized carbons (Fsp3) is 0.548. The number of Topliss-reactive ketones (excluding diaryl/α,β-unsaturated/α-hetero) is 1. The number of amides is 4. The third-order valence-corrected chi connectivity index (χ3v) is 7.60. The highest BCUT2D eigenvalue weighted by Gasteiger charge is 2.32. The van der Waals surface area contributed by atoms with Crippen LogP contribution in [0.1, 0.15) is 76.2 Å². The van der Waals surface area contributed by atoms with Gasteiger partial charge in [-0.25, -0.2) is 9.78 Å². The number of hydrogen-bond acceptors (Lipinski definition) is 8. The monoisotopic (exact) mass is 615 g/mol. The summed E-state index contributed by atoms with van der Waals surface area (Å²) < 4.78 is 5.29. The lowest BCUT2D eigenvalue weighted by Gasteiger charge is -2.27. The van der Waals surface area contributed by atoms with Gasteiger partial charge in [-0.2, -0.15) is 0 Å². The van der Waals surface area contributed by atoms with Gasteiger partial charge in [-0.3, -0.25) is 19.2 Å². The minimum Gasteiger partial charge on any atom is -0.445 e. The molecule has 0 saturated carbocycles. The number of carbonyl (C=O) groups is 5. The van der Waals surface area contributed by atoms with E-state index in [1.165, 1.54) is 6.20 Å². The molecule has 0 spiro atoms. The van der Waals surface area contributed by atoms with Crippen LogP contribution >= 0.6 is 11.3 Å². The standard InChI is InChI=1S/C31H45N5O6S/c1-7-36(8-2)25(37)15-14-23(27(38)30-32-16-17-43-30)33-28(39)24(18-20(3)4)34-29(40)26(21(5)6)35-31(41)42-19-22-12-10-9-11-13-22/h9-13,16-17,20-21,23-24,26H,7-8,14-15,18-19H2,1-6H3,(H,33,39)(H,34,40)(H,35,41)/t23-,24-,26-/m0/s1. The molecule has 0 radical (unpaired) electrons. The molecule has 0 fully saturated rings. The van der Waals surface area contributed by atoms with E-state index in [1.54, 1.807) is 24.1 Å². The van der Waals surface area contributed by atoms with Crippen molar-refractivity contribution in [2.45, 2.75) is 85.5 Å². The van der Waals surface area contributed by atoms with Crippen molar-refractivity contribution in [3.63, 3.8) is 0 Å². The number of nitrogens with zero attached hydrogens (tertiary/aromatic N) is 2. The van der Waals surface area contributed by atoms with Crippen molar-refractivity contribution in [3.8, 4) is 0 Å². The predicted octanol–water partition coefficient (Wildman–Crippen LogP) is 3.94. The first-order valence-corrected chi connectivity index (χ1v) is 15.6. The summed E-state index contributed by atoms with van der Waals surface area (Å²) in [5.41, 5.74) is 0.803. The van der Waals surface area contributed by atoms with E-state index in [2.05, 4.69) is 20.9 Å². The molecule has 11 nitrogen and oxygen atoms in total. The van der Waals surface area contributed by atoms with Crippen molar-refractivity contribution < 1.29 is 28.7 Å². The van der Waals surface area contributed by atoms with Gasteiger partial charge in [0.25, 0.3) is 0 Å². The van der Waals surface area contributed by atoms with Gasteiger partial charge in [0, 0.05) is 31.1 Å². The molecule has 1 heterocycles. The van der Waals surface area contributed by atoms with Gasteiger partial charge in [-0.05, 0) is 44.1 Å². The number of hydrogen-bond donors (Lipinski definition) is 3. The van der Waals surface area contributed by atoms with Crippen molar-refractivity contribution in [2.24, 2.45) is 11.8 Å². The molecule has 2 aromatic rings. The number of ether oxygens (including phenoxy) is 1. The summed E-state index contributed by atoms with van der Waals surface area (Å²) in [5, 5.41) is 10.0. The van der Waals surface area contributed by atoms with Crippen LogP contribution in [0, 0.1) is 11.8 Å². The van der Waals surface area contributed by atoms with Crippen LogP contribution < -0.4 is 16.0 Å². The summed E-state index contributed by atoms with van der Waals surface area (Å²) in [6.45, 7) is 12.2. The van der Waals surface area contributed by atoms with Crippen LogP contribution in [0.5, 0.6) is 0 Å². The first kappa shape index (κ1) is 35.4. The molecule has 3 N–H and O–H groups in total. The summed E-state index contributed by atoms with van der Waals surface area (Å²) in [4.78, 5) is 71.1. The van der Waals surface area contributed by atoms with Gasteiger partial charge in [0.1, 0.15) is 18.7 Å². The van der Waals surface area contributed by atoms with Crippen LogP contribution in [-0.2, 0) is 25.7 Å². The number of carbonyl (C=O) groups excluding carboxylic acids is 5. The van der Waals surface area contributed by atoms with Crippen molar-refractivity contribution in [2.75, 3.05) is 13.1 Å². The average Bonchev–Trinajstić information content (AvgIpc) is 3.52. The highest BCUT2D eigenvalue weighted by atomic mass is 32.1. The van der Waals surface area contributed by atoms with Gasteiger partial charge < -0.3 is 25.6 Å². The molecule has 12 heteroatoms. The molecule has 43 heavy (non-hydrogen) atoms. The normalized spacial score (nSPS) is 13.1. The van der Waals surface area contributed by atoms with Crippen LogP contribution in [0.4, 0.5) is 4.79 Å². The van der Waals surface area contributed by atoms with E-state index < -0.39 is 41.8 Å². The lowest BCUT2D eigenvalue weighted by Crippen LogP contribution is -2.57. The van der Waals surface area contributed by atoms with Crippen LogP contribution in [-0.4, -0.2) is 70.7 Å². The van der Waals surface area contributed by atoms with E-state index in [4.69, 9.17) is 4.74 Å². The predicted molar refractivity (Wildman–Crippen MR) is 165 cm³/mol. The molecule has 1 aromatic heterocycles. The maximum Gasteiger partial charge on any atom is 0.408 e. The molecule has 2 rings (SSSR count). The molecular weight excluding hydrogens is 570 g/mol. The Morgan fingerprint density at radius 2 is 1.56 bits per heavy atom. The number of benzene rings is 1. The zero-order valence-corrected chi connectivity index (χ0v) is 26.7. The summed E-state index contributed by atoms with van der Waals surface area (Å²) >= 11 is 1.15. The van der Waals surface area contributed by atoms with Crippen LogP contribution in [0.2, 0.25) is 0 Å². The summed E-state index contributed by atoms with van der Waals surface area (Å²) in [6, 6.07) is 6.21. The quantitative estimate of drug-likeness (QED) is 0.229. The second kappa shape index (κ2) is 18.0. The first-order valence-electron chi connectivity index (χ1n) is 14.8. The average molecular weight is 616 g/mol. The van der Waals surface area contributed by atoms with Gasteiger partial charge in [0.15, 0.2) is 5.01 Å². The Balaban J connectivity index is 2.14. The SMILES string of the molecule is CCN(CC)C(=O)CC[C@H](NC(=O)[C@H](CC(C)C)NC(=O)[C@@H](NC(=O)OCc1ccccc1)C(C)C)C(=O)c1nccs1. The van der Waals surface area contributed by atoms with Crippen molar-refractivity contribution in [3.05, 3.63) is 52.5 Å². The Morgan fingerprint density at radius 1 is 0.907 bits per heavy atom. The van der Waals surface area contributed by atoms with E-state index >= 15 is 0 Å². The maximum atomic E-state index is 13.6. The second-order valence-electron chi connectivity index (χ2n) is 11.0. The molecule has 236 valence electrons. The molecule has 0 aliphatic heterocycles. The highest BCUT2D eigenvalue weighted by Crippen LogP contribution is 2.14. The summed E-state index contributed by atoms with van der Waals surface area (Å²) in [7, 11) is 0. The van der Waals surface area contributed by atoms with Gasteiger partial charge in [0.2, 0.25) is 23.5 Å². The minimum absolute atomic E-state index is 0.0229. The van der Waals surface area contributed by atoms with E-state index in [0.29, 0.717) is 13.1 Å². The third kappa shape index (κ3) is 11.8. The lowest BCUT2D eigenvalue weighted by atomic mass is 9.99. The number of rotatable bonds is 17. The number of thiazole rings is 1. The van der Waals surface area contributed by atoms with E-state index in [-0.39, 0.29) is 48.6 Å². The number of aromatic nitrogens is 1. The minimum atomic E-state index is -1.00. The van der Waals surface area contributed by atoms with Crippen LogP contribution in [0.15, 0.2) is 41.9 Å². The van der Waals surface area contributed by atoms with Crippen molar-refractivity contribution in [1.82, 2.24) is 25.8 Å². The molecule has 0 aliphatic rings. The fourth-order valence-electron chi connectivity index (χ4n) is 4.43. The number of nitrogens with one attached hydrogen (secondary N) is 3. The molecule has 1 aromatic carbocycles. The topological polar surface area (TPSA) is 147 Å². The van der Waals surface area contributed by atoms with Crippen molar-refractivity contribution in [1.29, 1.82) is 0 Å². The molecule has 0 unspecified atom stereocenters. The van der Waals surface area contributed by atoms with Gasteiger partial charge >= 0.3 is 6.09 Å². The Morgan fingerprint density at radius 3 is 2.12 bits per heavy atom. The Kier molecular flexibility index (Phi) is 14.8. The summed E-state index contributed by atoms with van der Waals surface area (Å²) in [5.74, 6) is -1.90. The number of alkyl carbamates (subject to hydrolysis) is 1. The molecule has 0 saturated heterocycles. The summed E-state index contributed by atoms with van der Waals surface area (Å²) in [6.07, 6.45) is 1.19. The molecular formula is C31H45N5O6S. The van der Waals surface area contributed by atoms with Crippen LogP contribution in [0.25, 0.3) is 0 Å². The third-order valence-electron chi connectivity index (χ3n) is 6.81. The van der Waals surface area contributed by atoms with E-state index in [9.17, 15) is 24.0 Å². The zero-order chi connectivity index (χ0) is 31.9. The van der Waals surface area contributed by atoms with E-state index in [0.717, 1.165) is 16.9 Å². The van der Waals surface area contributed by atoms with Gasteiger partial charge in [-0.1, -0.05) is 58.0 Å². The Bertz CT molecular complexity index is 1180. The fourth-order valence-corrected chi connectivity index (χ4v) is 5.06. The Labute approximate surface area is 258 Å².